The lowest BCUT2D eigenvalue weighted by Crippen LogP contribution is -2.03. The van der Waals surface area contributed by atoms with Gasteiger partial charge >= 0.3 is 0 Å². The van der Waals surface area contributed by atoms with Gasteiger partial charge in [0.25, 0.3) is 0 Å². The second-order valence-corrected chi connectivity index (χ2v) is 5.24. The van der Waals surface area contributed by atoms with Gasteiger partial charge in [0.15, 0.2) is 5.15 Å². The molecular formula is C14H14BrClN2. The number of benzene rings is 1. The number of rotatable bonds is 4. The molecule has 1 N–H and O–H groups in total. The molecule has 1 aromatic heterocycles. The van der Waals surface area contributed by atoms with Crippen LogP contribution in [0.2, 0.25) is 5.15 Å². The maximum Gasteiger partial charge on any atom is 0.152 e. The third kappa shape index (κ3) is 3.24. The van der Waals surface area contributed by atoms with Crippen LogP contribution >= 0.6 is 27.5 Å². The molecule has 0 radical (unpaired) electrons. The summed E-state index contributed by atoms with van der Waals surface area (Å²) in [7, 11) is 0. The molecule has 1 aromatic carbocycles. The van der Waals surface area contributed by atoms with Crippen molar-refractivity contribution in [1.82, 2.24) is 4.98 Å². The lowest BCUT2D eigenvalue weighted by Gasteiger charge is -2.11. The van der Waals surface area contributed by atoms with E-state index in [1.807, 2.05) is 6.07 Å². The Morgan fingerprint density at radius 1 is 1.28 bits per heavy atom. The molecule has 0 spiro atoms. The summed E-state index contributed by atoms with van der Waals surface area (Å²) in [5.41, 5.74) is 3.48. The van der Waals surface area contributed by atoms with Gasteiger partial charge in [0.2, 0.25) is 0 Å². The normalized spacial score (nSPS) is 10.4. The molecule has 2 nitrogen and oxygen atoms in total. The Morgan fingerprint density at radius 3 is 2.72 bits per heavy atom. The number of pyridine rings is 1. The van der Waals surface area contributed by atoms with Gasteiger partial charge < -0.3 is 5.32 Å². The standard InChI is InChI=1S/C14H14BrClN2/c1-2-10-5-3-4-6-11(10)8-17-13-7-12(15)9-18-14(13)16/h3-7,9,17H,2,8H2,1H3. The molecule has 0 fully saturated rings. The average Bonchev–Trinajstić information content (AvgIpc) is 2.40. The smallest absolute Gasteiger partial charge is 0.152 e. The SMILES string of the molecule is CCc1ccccc1CNc1cc(Br)cnc1Cl. The Labute approximate surface area is 121 Å². The summed E-state index contributed by atoms with van der Waals surface area (Å²) >= 11 is 9.43. The summed E-state index contributed by atoms with van der Waals surface area (Å²) in [5.74, 6) is 0. The van der Waals surface area contributed by atoms with Crippen molar-refractivity contribution in [1.29, 1.82) is 0 Å². The third-order valence-corrected chi connectivity index (χ3v) is 3.51. The summed E-state index contributed by atoms with van der Waals surface area (Å²) in [6.45, 7) is 2.91. The van der Waals surface area contributed by atoms with Gasteiger partial charge in [-0.05, 0) is 39.5 Å². The van der Waals surface area contributed by atoms with Gasteiger partial charge in [-0.1, -0.05) is 42.8 Å². The lowest BCUT2D eigenvalue weighted by atomic mass is 10.1. The number of nitrogens with zero attached hydrogens (tertiary/aromatic N) is 1. The quantitative estimate of drug-likeness (QED) is 0.826. The molecule has 1 heterocycles. The first-order valence-corrected chi connectivity index (χ1v) is 6.99. The Bertz CT molecular complexity index is 543. The summed E-state index contributed by atoms with van der Waals surface area (Å²) in [6, 6.07) is 10.3. The van der Waals surface area contributed by atoms with Crippen LogP contribution in [-0.4, -0.2) is 4.98 Å². The van der Waals surface area contributed by atoms with Gasteiger partial charge in [0, 0.05) is 17.2 Å². The molecule has 0 unspecified atom stereocenters. The van der Waals surface area contributed by atoms with Crippen LogP contribution in [0.3, 0.4) is 0 Å². The van der Waals surface area contributed by atoms with E-state index in [4.69, 9.17) is 11.6 Å². The van der Waals surface area contributed by atoms with Crippen molar-refractivity contribution < 1.29 is 0 Å². The van der Waals surface area contributed by atoms with E-state index in [9.17, 15) is 0 Å². The highest BCUT2D eigenvalue weighted by Crippen LogP contribution is 2.23. The minimum absolute atomic E-state index is 0.493. The van der Waals surface area contributed by atoms with E-state index >= 15 is 0 Å². The molecular weight excluding hydrogens is 312 g/mol. The van der Waals surface area contributed by atoms with E-state index in [1.54, 1.807) is 6.20 Å². The van der Waals surface area contributed by atoms with Crippen LogP contribution in [0.15, 0.2) is 41.0 Å². The van der Waals surface area contributed by atoms with Gasteiger partial charge in [-0.3, -0.25) is 0 Å². The number of anilines is 1. The van der Waals surface area contributed by atoms with Gasteiger partial charge in [-0.25, -0.2) is 4.98 Å². The van der Waals surface area contributed by atoms with E-state index in [2.05, 4.69) is 57.4 Å². The van der Waals surface area contributed by atoms with Crippen LogP contribution in [0.5, 0.6) is 0 Å². The Kier molecular flexibility index (Phi) is 4.61. The van der Waals surface area contributed by atoms with E-state index < -0.39 is 0 Å². The summed E-state index contributed by atoms with van der Waals surface area (Å²) in [4.78, 5) is 4.09. The van der Waals surface area contributed by atoms with Gasteiger partial charge in [0.1, 0.15) is 0 Å². The fraction of sp³-hybridized carbons (Fsp3) is 0.214. The predicted molar refractivity (Wildman–Crippen MR) is 80.1 cm³/mol. The topological polar surface area (TPSA) is 24.9 Å². The molecule has 0 aliphatic rings. The predicted octanol–water partition coefficient (Wildman–Crippen LogP) is 4.67. The van der Waals surface area contributed by atoms with Crippen molar-refractivity contribution in [3.8, 4) is 0 Å². The number of aromatic nitrogens is 1. The maximum absolute atomic E-state index is 6.04. The first kappa shape index (κ1) is 13.4. The Morgan fingerprint density at radius 2 is 2.00 bits per heavy atom. The molecule has 0 bridgehead atoms. The number of hydrogen-bond acceptors (Lipinski definition) is 2. The molecule has 0 aliphatic carbocycles. The van der Waals surface area contributed by atoms with Crippen LogP contribution in [0.4, 0.5) is 5.69 Å². The van der Waals surface area contributed by atoms with E-state index in [0.29, 0.717) is 5.15 Å². The van der Waals surface area contributed by atoms with Gasteiger partial charge in [-0.2, -0.15) is 0 Å². The van der Waals surface area contributed by atoms with Crippen molar-refractivity contribution in [2.45, 2.75) is 19.9 Å². The van der Waals surface area contributed by atoms with Gasteiger partial charge in [0.05, 0.1) is 5.69 Å². The highest BCUT2D eigenvalue weighted by molar-refractivity contribution is 9.10. The molecule has 94 valence electrons. The zero-order valence-corrected chi connectivity index (χ0v) is 12.4. The summed E-state index contributed by atoms with van der Waals surface area (Å²) in [6.07, 6.45) is 2.72. The minimum Gasteiger partial charge on any atom is -0.378 e. The fourth-order valence-corrected chi connectivity index (χ4v) is 2.31. The van der Waals surface area contributed by atoms with E-state index in [-0.39, 0.29) is 0 Å². The van der Waals surface area contributed by atoms with Crippen LogP contribution in [0.25, 0.3) is 0 Å². The fourth-order valence-electron chi connectivity index (χ4n) is 1.81. The molecule has 0 atom stereocenters. The third-order valence-electron chi connectivity index (χ3n) is 2.77. The monoisotopic (exact) mass is 324 g/mol. The van der Waals surface area contributed by atoms with Crippen molar-refractivity contribution in [2.75, 3.05) is 5.32 Å². The maximum atomic E-state index is 6.04. The summed E-state index contributed by atoms with van der Waals surface area (Å²) < 4.78 is 0.915. The highest BCUT2D eigenvalue weighted by atomic mass is 79.9. The number of nitrogens with one attached hydrogen (secondary N) is 1. The van der Waals surface area contributed by atoms with Gasteiger partial charge in [-0.15, -0.1) is 0 Å². The van der Waals surface area contributed by atoms with Crippen LogP contribution in [-0.2, 0) is 13.0 Å². The number of halogens is 2. The average molecular weight is 326 g/mol. The molecule has 2 rings (SSSR count). The van der Waals surface area contributed by atoms with Crippen molar-refractivity contribution in [2.24, 2.45) is 0 Å². The van der Waals surface area contributed by atoms with Crippen LogP contribution < -0.4 is 5.32 Å². The highest BCUT2D eigenvalue weighted by Gasteiger charge is 2.04. The molecule has 0 saturated carbocycles. The van der Waals surface area contributed by atoms with Crippen LogP contribution in [0.1, 0.15) is 18.1 Å². The zero-order chi connectivity index (χ0) is 13.0. The number of hydrogen-bond donors (Lipinski definition) is 1. The van der Waals surface area contributed by atoms with Crippen molar-refractivity contribution >= 4 is 33.2 Å². The minimum atomic E-state index is 0.493. The lowest BCUT2D eigenvalue weighted by molar-refractivity contribution is 1.04. The second kappa shape index (κ2) is 6.21. The first-order valence-electron chi connectivity index (χ1n) is 5.82. The van der Waals surface area contributed by atoms with Crippen LogP contribution in [0, 0.1) is 0 Å². The largest absolute Gasteiger partial charge is 0.378 e. The molecule has 18 heavy (non-hydrogen) atoms. The van der Waals surface area contributed by atoms with E-state index in [0.717, 1.165) is 23.1 Å². The molecule has 0 amide bonds. The molecule has 0 saturated heterocycles. The number of aryl methyl sites for hydroxylation is 1. The first-order chi connectivity index (χ1) is 8.70. The molecule has 4 heteroatoms. The second-order valence-electron chi connectivity index (χ2n) is 3.97. The molecule has 2 aromatic rings. The Balaban J connectivity index is 2.14. The Hall–Kier alpha value is -1.06. The zero-order valence-electron chi connectivity index (χ0n) is 10.1. The molecule has 0 aliphatic heterocycles. The van der Waals surface area contributed by atoms with E-state index in [1.165, 1.54) is 11.1 Å². The van der Waals surface area contributed by atoms with Crippen molar-refractivity contribution in [3.63, 3.8) is 0 Å². The van der Waals surface area contributed by atoms with Crippen molar-refractivity contribution in [3.05, 3.63) is 57.3 Å². The summed E-state index contributed by atoms with van der Waals surface area (Å²) in [5, 5.41) is 3.81.